The van der Waals surface area contributed by atoms with Crippen molar-refractivity contribution in [3.63, 3.8) is 0 Å². The Balaban J connectivity index is 1.67. The molecule has 3 aromatic carbocycles. The molecule has 2 aliphatic heterocycles. The fraction of sp³-hybridized carbons (Fsp3) is 0.125. The number of ketones is 1. The van der Waals surface area contributed by atoms with Gasteiger partial charge in [0, 0.05) is 34.3 Å². The first-order valence-electron chi connectivity index (χ1n) is 9.58. The van der Waals surface area contributed by atoms with Crippen molar-refractivity contribution in [2.24, 2.45) is 0 Å². The molecule has 2 heterocycles. The summed E-state index contributed by atoms with van der Waals surface area (Å²) in [5, 5.41) is 4.11. The highest BCUT2D eigenvalue weighted by atomic mass is 35.5. The van der Waals surface area contributed by atoms with Gasteiger partial charge in [-0.3, -0.25) is 4.79 Å². The molecule has 5 heteroatoms. The van der Waals surface area contributed by atoms with Gasteiger partial charge in [0.25, 0.3) is 0 Å². The zero-order chi connectivity index (χ0) is 19.8. The van der Waals surface area contributed by atoms with Crippen LogP contribution in [-0.4, -0.2) is 18.9 Å². The molecule has 2 aliphatic rings. The van der Waals surface area contributed by atoms with Crippen LogP contribution in [-0.2, 0) is 6.42 Å². The van der Waals surface area contributed by atoms with Gasteiger partial charge in [-0.25, -0.2) is 0 Å². The van der Waals surface area contributed by atoms with E-state index < -0.39 is 0 Å². The molecule has 4 nitrogen and oxygen atoms in total. The second kappa shape index (κ2) is 7.30. The summed E-state index contributed by atoms with van der Waals surface area (Å²) in [6, 6.07) is 23.1. The van der Waals surface area contributed by atoms with E-state index in [2.05, 4.69) is 10.2 Å². The standard InChI is InChI=1S/C24H19ClN2O2/c25-18-13-17-14-20(23(28)16-7-3-1-4-8-16)24(26-19-9-5-2-6-10-19)27-11-12-29-21(15-18)22(17)27/h1-10,13,15,26H,11-12,14H2. The minimum Gasteiger partial charge on any atom is -0.489 e. The number of nitrogens with zero attached hydrogens (tertiary/aromatic N) is 1. The van der Waals surface area contributed by atoms with Crippen molar-refractivity contribution in [2.45, 2.75) is 6.42 Å². The Morgan fingerprint density at radius 2 is 1.72 bits per heavy atom. The van der Waals surface area contributed by atoms with E-state index in [0.717, 1.165) is 34.1 Å². The van der Waals surface area contributed by atoms with E-state index in [-0.39, 0.29) is 5.78 Å². The summed E-state index contributed by atoms with van der Waals surface area (Å²) in [7, 11) is 0. The Hall–Kier alpha value is -3.24. The normalized spacial score (nSPS) is 14.9. The molecule has 0 amide bonds. The molecular formula is C24H19ClN2O2. The van der Waals surface area contributed by atoms with Crippen LogP contribution in [0.4, 0.5) is 11.4 Å². The van der Waals surface area contributed by atoms with E-state index in [1.54, 1.807) is 0 Å². The number of Topliss-reactive ketones (excluding diaryl/α,β-unsaturated/α-hetero) is 1. The molecule has 0 atom stereocenters. The van der Waals surface area contributed by atoms with Crippen molar-refractivity contribution in [3.05, 3.63) is 100 Å². The Morgan fingerprint density at radius 1 is 1.00 bits per heavy atom. The van der Waals surface area contributed by atoms with Crippen LogP contribution in [0.2, 0.25) is 5.02 Å². The van der Waals surface area contributed by atoms with Crippen LogP contribution in [0.1, 0.15) is 15.9 Å². The van der Waals surface area contributed by atoms with Gasteiger partial charge in [-0.05, 0) is 23.8 Å². The predicted molar refractivity (Wildman–Crippen MR) is 116 cm³/mol. The fourth-order valence-electron chi connectivity index (χ4n) is 3.95. The first-order chi connectivity index (χ1) is 14.2. The number of carbonyl (C=O) groups excluding carboxylic acids is 1. The summed E-state index contributed by atoms with van der Waals surface area (Å²) in [6.45, 7) is 1.18. The summed E-state index contributed by atoms with van der Waals surface area (Å²) in [5.74, 6) is 1.59. The number of para-hydroxylation sites is 1. The van der Waals surface area contributed by atoms with Crippen molar-refractivity contribution in [2.75, 3.05) is 23.4 Å². The van der Waals surface area contributed by atoms with E-state index in [0.29, 0.717) is 30.2 Å². The van der Waals surface area contributed by atoms with Crippen molar-refractivity contribution in [1.29, 1.82) is 0 Å². The summed E-state index contributed by atoms with van der Waals surface area (Å²) < 4.78 is 5.87. The topological polar surface area (TPSA) is 41.6 Å². The van der Waals surface area contributed by atoms with Gasteiger partial charge in [0.1, 0.15) is 18.2 Å². The van der Waals surface area contributed by atoms with Gasteiger partial charge in [0.15, 0.2) is 5.78 Å². The summed E-state index contributed by atoms with van der Waals surface area (Å²) >= 11 is 6.33. The molecule has 0 aromatic heterocycles. The lowest BCUT2D eigenvalue weighted by Gasteiger charge is -2.39. The minimum atomic E-state index is 0.0164. The van der Waals surface area contributed by atoms with Crippen LogP contribution in [0.25, 0.3) is 0 Å². The molecule has 5 rings (SSSR count). The molecule has 0 fully saturated rings. The molecule has 0 unspecified atom stereocenters. The van der Waals surface area contributed by atoms with Crippen molar-refractivity contribution in [3.8, 4) is 5.75 Å². The Morgan fingerprint density at radius 3 is 2.48 bits per heavy atom. The molecular weight excluding hydrogens is 384 g/mol. The second-order valence-electron chi connectivity index (χ2n) is 7.10. The number of rotatable bonds is 4. The molecule has 0 spiro atoms. The molecule has 144 valence electrons. The van der Waals surface area contributed by atoms with Crippen LogP contribution in [0.5, 0.6) is 5.75 Å². The van der Waals surface area contributed by atoms with Crippen molar-refractivity contribution < 1.29 is 9.53 Å². The number of halogens is 1. The Labute approximate surface area is 174 Å². The SMILES string of the molecule is O=C(C1=C(Nc2ccccc2)N2CCOc3cc(Cl)cc(c32)C1)c1ccccc1. The number of ether oxygens (including phenoxy) is 1. The maximum atomic E-state index is 13.5. The first kappa shape index (κ1) is 17.8. The number of anilines is 2. The number of hydrogen-bond acceptors (Lipinski definition) is 4. The van der Waals surface area contributed by atoms with E-state index in [1.807, 2.05) is 72.8 Å². The summed E-state index contributed by atoms with van der Waals surface area (Å²) in [5.41, 5.74) is 4.33. The third-order valence-corrected chi connectivity index (χ3v) is 5.45. The lowest BCUT2D eigenvalue weighted by atomic mass is 9.91. The molecule has 29 heavy (non-hydrogen) atoms. The second-order valence-corrected chi connectivity index (χ2v) is 7.54. The first-order valence-corrected chi connectivity index (χ1v) is 9.96. The molecule has 0 radical (unpaired) electrons. The number of benzene rings is 3. The third-order valence-electron chi connectivity index (χ3n) is 5.23. The van der Waals surface area contributed by atoms with Gasteiger partial charge in [0.05, 0.1) is 12.2 Å². The molecule has 0 saturated heterocycles. The maximum absolute atomic E-state index is 13.5. The molecule has 0 bridgehead atoms. The van der Waals surface area contributed by atoms with E-state index in [9.17, 15) is 4.79 Å². The number of allylic oxidation sites excluding steroid dienone is 1. The van der Waals surface area contributed by atoms with Gasteiger partial charge in [-0.15, -0.1) is 0 Å². The van der Waals surface area contributed by atoms with E-state index in [4.69, 9.17) is 16.3 Å². The van der Waals surface area contributed by atoms with Crippen LogP contribution >= 0.6 is 11.6 Å². The predicted octanol–water partition coefficient (Wildman–Crippen LogP) is 5.30. The Bertz CT molecular complexity index is 1110. The van der Waals surface area contributed by atoms with Gasteiger partial charge in [-0.1, -0.05) is 60.1 Å². The maximum Gasteiger partial charge on any atom is 0.192 e. The molecule has 0 saturated carbocycles. The van der Waals surface area contributed by atoms with Crippen LogP contribution < -0.4 is 15.0 Å². The van der Waals surface area contributed by atoms with Gasteiger partial charge < -0.3 is 15.0 Å². The monoisotopic (exact) mass is 402 g/mol. The number of carbonyl (C=O) groups is 1. The zero-order valence-corrected chi connectivity index (χ0v) is 16.4. The van der Waals surface area contributed by atoms with E-state index >= 15 is 0 Å². The number of hydrogen-bond donors (Lipinski definition) is 1. The Kier molecular flexibility index (Phi) is 4.49. The fourth-order valence-corrected chi connectivity index (χ4v) is 4.18. The third kappa shape index (κ3) is 3.26. The highest BCUT2D eigenvalue weighted by Gasteiger charge is 2.34. The lowest BCUT2D eigenvalue weighted by Crippen LogP contribution is -2.40. The lowest BCUT2D eigenvalue weighted by molar-refractivity contribution is 0.103. The zero-order valence-electron chi connectivity index (χ0n) is 15.7. The van der Waals surface area contributed by atoms with Gasteiger partial charge >= 0.3 is 0 Å². The average molecular weight is 403 g/mol. The van der Waals surface area contributed by atoms with Crippen LogP contribution in [0.15, 0.2) is 84.2 Å². The van der Waals surface area contributed by atoms with Crippen molar-refractivity contribution >= 4 is 28.8 Å². The number of nitrogens with one attached hydrogen (secondary N) is 1. The largest absolute Gasteiger partial charge is 0.489 e. The van der Waals surface area contributed by atoms with Crippen LogP contribution in [0.3, 0.4) is 0 Å². The van der Waals surface area contributed by atoms with Gasteiger partial charge in [0.2, 0.25) is 0 Å². The highest BCUT2D eigenvalue weighted by molar-refractivity contribution is 6.31. The molecule has 0 aliphatic carbocycles. The minimum absolute atomic E-state index is 0.0164. The highest BCUT2D eigenvalue weighted by Crippen LogP contribution is 2.44. The van der Waals surface area contributed by atoms with Crippen LogP contribution in [0, 0.1) is 0 Å². The summed E-state index contributed by atoms with van der Waals surface area (Å²) in [4.78, 5) is 15.6. The van der Waals surface area contributed by atoms with Crippen molar-refractivity contribution in [1.82, 2.24) is 0 Å². The van der Waals surface area contributed by atoms with E-state index in [1.165, 1.54) is 0 Å². The summed E-state index contributed by atoms with van der Waals surface area (Å²) in [6.07, 6.45) is 0.492. The quantitative estimate of drug-likeness (QED) is 0.601. The van der Waals surface area contributed by atoms with Gasteiger partial charge in [-0.2, -0.15) is 0 Å². The smallest absolute Gasteiger partial charge is 0.192 e. The molecule has 3 aromatic rings. The molecule has 1 N–H and O–H groups in total. The average Bonchev–Trinajstić information content (AvgIpc) is 2.76.